The Morgan fingerprint density at radius 2 is 2.05 bits per heavy atom. The first-order chi connectivity index (χ1) is 9.13. The second-order valence-electron chi connectivity index (χ2n) is 5.38. The van der Waals surface area contributed by atoms with Crippen LogP contribution in [-0.4, -0.2) is 24.5 Å². The molecule has 0 aromatic heterocycles. The normalized spacial score (nSPS) is 18.8. The van der Waals surface area contributed by atoms with Crippen molar-refractivity contribution < 1.29 is 4.39 Å². The molecule has 0 bridgehead atoms. The minimum absolute atomic E-state index is 0.167. The lowest BCUT2D eigenvalue weighted by Gasteiger charge is -2.37. The van der Waals surface area contributed by atoms with Gasteiger partial charge in [-0.05, 0) is 53.5 Å². The van der Waals surface area contributed by atoms with E-state index < -0.39 is 0 Å². The number of rotatable bonds is 4. The molecule has 2 N–H and O–H groups in total. The van der Waals surface area contributed by atoms with E-state index in [1.165, 1.54) is 38.2 Å². The van der Waals surface area contributed by atoms with E-state index in [1.54, 1.807) is 0 Å². The Kier molecular flexibility index (Phi) is 5.37. The van der Waals surface area contributed by atoms with Crippen molar-refractivity contribution in [3.05, 3.63) is 34.1 Å². The summed E-state index contributed by atoms with van der Waals surface area (Å²) in [5.41, 5.74) is 7.04. The van der Waals surface area contributed by atoms with Gasteiger partial charge in [0.2, 0.25) is 0 Å². The van der Waals surface area contributed by atoms with Crippen LogP contribution in [0.25, 0.3) is 0 Å². The smallest absolute Gasteiger partial charge is 0.137 e. The van der Waals surface area contributed by atoms with Crippen molar-refractivity contribution >= 4 is 15.9 Å². The molecule has 0 amide bonds. The molecule has 2 nitrogen and oxygen atoms in total. The fourth-order valence-electron chi connectivity index (χ4n) is 3.00. The van der Waals surface area contributed by atoms with Crippen LogP contribution in [0, 0.1) is 5.82 Å². The Morgan fingerprint density at radius 1 is 1.37 bits per heavy atom. The molecule has 1 aliphatic carbocycles. The third-order valence-electron chi connectivity index (χ3n) is 4.19. The van der Waals surface area contributed by atoms with Crippen molar-refractivity contribution in [2.75, 3.05) is 13.6 Å². The molecule has 2 rings (SSSR count). The second-order valence-corrected chi connectivity index (χ2v) is 6.24. The molecular formula is C15H22BrFN2. The van der Waals surface area contributed by atoms with Gasteiger partial charge in [0.25, 0.3) is 0 Å². The van der Waals surface area contributed by atoms with E-state index in [2.05, 4.69) is 27.9 Å². The lowest BCUT2D eigenvalue weighted by Crippen LogP contribution is -2.39. The van der Waals surface area contributed by atoms with Crippen LogP contribution in [0.1, 0.15) is 43.7 Å². The highest BCUT2D eigenvalue weighted by Crippen LogP contribution is 2.30. The van der Waals surface area contributed by atoms with Gasteiger partial charge in [-0.2, -0.15) is 0 Å². The SMILES string of the molecule is CN(C1CCCCC1)C(CN)c1ccc(F)c(Br)c1. The summed E-state index contributed by atoms with van der Waals surface area (Å²) in [6.45, 7) is 0.561. The first-order valence-corrected chi connectivity index (χ1v) is 7.79. The Hall–Kier alpha value is -0.450. The maximum absolute atomic E-state index is 13.3. The van der Waals surface area contributed by atoms with Gasteiger partial charge in [-0.15, -0.1) is 0 Å². The van der Waals surface area contributed by atoms with Gasteiger partial charge in [-0.3, -0.25) is 4.90 Å². The summed E-state index contributed by atoms with van der Waals surface area (Å²) in [5, 5.41) is 0. The number of benzene rings is 1. The average molecular weight is 329 g/mol. The van der Waals surface area contributed by atoms with Crippen molar-refractivity contribution in [1.29, 1.82) is 0 Å². The lowest BCUT2D eigenvalue weighted by molar-refractivity contribution is 0.140. The van der Waals surface area contributed by atoms with E-state index >= 15 is 0 Å². The number of nitrogens with two attached hydrogens (primary N) is 1. The zero-order valence-corrected chi connectivity index (χ0v) is 13.0. The summed E-state index contributed by atoms with van der Waals surface area (Å²) in [6.07, 6.45) is 6.45. The molecule has 0 heterocycles. The van der Waals surface area contributed by atoms with Crippen LogP contribution < -0.4 is 5.73 Å². The maximum atomic E-state index is 13.3. The standard InChI is InChI=1S/C15H22BrFN2/c1-19(12-5-3-2-4-6-12)15(10-18)11-7-8-14(17)13(16)9-11/h7-9,12,15H,2-6,10,18H2,1H3. The van der Waals surface area contributed by atoms with Crippen LogP contribution >= 0.6 is 15.9 Å². The molecule has 106 valence electrons. The number of halogens is 2. The number of hydrogen-bond acceptors (Lipinski definition) is 2. The van der Waals surface area contributed by atoms with E-state index in [4.69, 9.17) is 5.73 Å². The zero-order valence-electron chi connectivity index (χ0n) is 11.4. The zero-order chi connectivity index (χ0) is 13.8. The molecule has 1 saturated carbocycles. The van der Waals surface area contributed by atoms with E-state index in [-0.39, 0.29) is 11.9 Å². The Bertz CT molecular complexity index is 419. The van der Waals surface area contributed by atoms with E-state index in [0.29, 0.717) is 17.1 Å². The molecule has 1 aromatic rings. The quantitative estimate of drug-likeness (QED) is 0.909. The summed E-state index contributed by atoms with van der Waals surface area (Å²) >= 11 is 3.25. The van der Waals surface area contributed by atoms with Crippen LogP contribution in [0.15, 0.2) is 22.7 Å². The van der Waals surface area contributed by atoms with Crippen molar-refractivity contribution in [2.24, 2.45) is 5.73 Å². The predicted octanol–water partition coefficient (Wildman–Crippen LogP) is 3.85. The summed E-state index contributed by atoms with van der Waals surface area (Å²) < 4.78 is 13.8. The molecule has 1 fully saturated rings. The predicted molar refractivity (Wildman–Crippen MR) is 80.5 cm³/mol. The molecule has 0 spiro atoms. The van der Waals surface area contributed by atoms with Crippen molar-refractivity contribution in [1.82, 2.24) is 4.90 Å². The molecule has 0 saturated heterocycles. The van der Waals surface area contributed by atoms with Crippen LogP contribution in [0.4, 0.5) is 4.39 Å². The highest BCUT2D eigenvalue weighted by molar-refractivity contribution is 9.10. The average Bonchev–Trinajstić information content (AvgIpc) is 2.44. The van der Waals surface area contributed by atoms with E-state index in [9.17, 15) is 4.39 Å². The first-order valence-electron chi connectivity index (χ1n) is 7.00. The maximum Gasteiger partial charge on any atom is 0.137 e. The van der Waals surface area contributed by atoms with Crippen LogP contribution in [0.2, 0.25) is 0 Å². The minimum atomic E-state index is -0.222. The third-order valence-corrected chi connectivity index (χ3v) is 4.80. The van der Waals surface area contributed by atoms with Gasteiger partial charge in [0.05, 0.1) is 4.47 Å². The monoisotopic (exact) mass is 328 g/mol. The highest BCUT2D eigenvalue weighted by atomic mass is 79.9. The fourth-order valence-corrected chi connectivity index (χ4v) is 3.40. The second kappa shape index (κ2) is 6.82. The van der Waals surface area contributed by atoms with Gasteiger partial charge in [0.15, 0.2) is 0 Å². The minimum Gasteiger partial charge on any atom is -0.329 e. The number of likely N-dealkylation sites (N-methyl/N-ethyl adjacent to an activating group) is 1. The van der Waals surface area contributed by atoms with Gasteiger partial charge < -0.3 is 5.73 Å². The van der Waals surface area contributed by atoms with Gasteiger partial charge in [-0.25, -0.2) is 4.39 Å². The fraction of sp³-hybridized carbons (Fsp3) is 0.600. The largest absolute Gasteiger partial charge is 0.329 e. The summed E-state index contributed by atoms with van der Waals surface area (Å²) in [7, 11) is 2.14. The first kappa shape index (κ1) is 14.9. The van der Waals surface area contributed by atoms with Crippen molar-refractivity contribution in [2.45, 2.75) is 44.2 Å². The molecule has 1 atom stereocenters. The summed E-state index contributed by atoms with van der Waals surface area (Å²) in [4.78, 5) is 2.37. The number of nitrogens with zero attached hydrogens (tertiary/aromatic N) is 1. The van der Waals surface area contributed by atoms with E-state index in [0.717, 1.165) is 5.56 Å². The van der Waals surface area contributed by atoms with Crippen LogP contribution in [0.3, 0.4) is 0 Å². The Balaban J connectivity index is 2.15. The highest BCUT2D eigenvalue weighted by Gasteiger charge is 2.25. The van der Waals surface area contributed by atoms with Gasteiger partial charge in [-0.1, -0.05) is 25.3 Å². The molecule has 1 aliphatic rings. The number of hydrogen-bond donors (Lipinski definition) is 1. The van der Waals surface area contributed by atoms with Crippen LogP contribution in [-0.2, 0) is 0 Å². The molecule has 19 heavy (non-hydrogen) atoms. The Morgan fingerprint density at radius 3 is 2.63 bits per heavy atom. The molecular weight excluding hydrogens is 307 g/mol. The molecule has 0 radical (unpaired) electrons. The molecule has 0 aliphatic heterocycles. The van der Waals surface area contributed by atoms with Gasteiger partial charge in [0.1, 0.15) is 5.82 Å². The van der Waals surface area contributed by atoms with Gasteiger partial charge in [0, 0.05) is 18.6 Å². The van der Waals surface area contributed by atoms with Crippen molar-refractivity contribution in [3.63, 3.8) is 0 Å². The Labute approximate surface area is 123 Å². The molecule has 4 heteroatoms. The van der Waals surface area contributed by atoms with Gasteiger partial charge >= 0.3 is 0 Å². The third kappa shape index (κ3) is 3.56. The topological polar surface area (TPSA) is 29.3 Å². The van der Waals surface area contributed by atoms with Crippen LogP contribution in [0.5, 0.6) is 0 Å². The summed E-state index contributed by atoms with van der Waals surface area (Å²) in [5.74, 6) is -0.222. The van der Waals surface area contributed by atoms with E-state index in [1.807, 2.05) is 12.1 Å². The van der Waals surface area contributed by atoms with Crippen molar-refractivity contribution in [3.8, 4) is 0 Å². The summed E-state index contributed by atoms with van der Waals surface area (Å²) in [6, 6.07) is 5.98. The lowest BCUT2D eigenvalue weighted by atomic mass is 9.92. The molecule has 1 unspecified atom stereocenters. The molecule has 1 aromatic carbocycles.